The van der Waals surface area contributed by atoms with Crippen molar-refractivity contribution in [3.8, 4) is 0 Å². The maximum absolute atomic E-state index is 4.73. The minimum Gasteiger partial charge on any atom is -0.357 e. The summed E-state index contributed by atoms with van der Waals surface area (Å²) in [5.74, 6) is 0.870. The normalized spacial score (nSPS) is 10.9. The number of benzene rings is 1. The Kier molecular flexibility index (Phi) is 10.1. The van der Waals surface area contributed by atoms with Crippen LogP contribution in [0, 0.1) is 6.92 Å². The number of aliphatic imine (C=N–C) groups is 1. The van der Waals surface area contributed by atoms with Crippen molar-refractivity contribution in [3.63, 3.8) is 0 Å². The lowest BCUT2D eigenvalue weighted by Gasteiger charge is -2.13. The molecule has 0 radical (unpaired) electrons. The van der Waals surface area contributed by atoms with E-state index in [1.54, 1.807) is 0 Å². The molecule has 1 heterocycles. The predicted molar refractivity (Wildman–Crippen MR) is 117 cm³/mol. The van der Waals surface area contributed by atoms with Gasteiger partial charge in [-0.3, -0.25) is 4.98 Å². The van der Waals surface area contributed by atoms with Crippen LogP contribution in [0.2, 0.25) is 0 Å². The van der Waals surface area contributed by atoms with Crippen LogP contribution in [0.25, 0.3) is 0 Å². The van der Waals surface area contributed by atoms with Gasteiger partial charge >= 0.3 is 0 Å². The van der Waals surface area contributed by atoms with Gasteiger partial charge in [0, 0.05) is 25.5 Å². The number of rotatable bonds is 7. The molecule has 0 amide bonds. The lowest BCUT2D eigenvalue weighted by molar-refractivity contribution is 0.795. The van der Waals surface area contributed by atoms with E-state index in [4.69, 9.17) is 4.99 Å². The fourth-order valence-corrected chi connectivity index (χ4v) is 2.66. The molecular weight excluding hydrogens is 423 g/mol. The van der Waals surface area contributed by atoms with E-state index in [1.807, 2.05) is 12.4 Å². The molecule has 0 unspecified atom stereocenters. The molecule has 0 bridgehead atoms. The molecule has 0 aliphatic heterocycles. The third kappa shape index (κ3) is 7.02. The number of nitrogens with zero attached hydrogens (tertiary/aromatic N) is 2. The van der Waals surface area contributed by atoms with E-state index in [0.717, 1.165) is 31.9 Å². The lowest BCUT2D eigenvalue weighted by atomic mass is 10.1. The van der Waals surface area contributed by atoms with Crippen molar-refractivity contribution in [1.82, 2.24) is 15.6 Å². The Hall–Kier alpha value is -1.63. The minimum absolute atomic E-state index is 0. The largest absolute Gasteiger partial charge is 0.357 e. The molecule has 2 rings (SSSR count). The molecule has 4 nitrogen and oxygen atoms in total. The molecule has 2 N–H and O–H groups in total. The highest BCUT2D eigenvalue weighted by atomic mass is 127. The Morgan fingerprint density at radius 2 is 1.80 bits per heavy atom. The van der Waals surface area contributed by atoms with Gasteiger partial charge in [-0.2, -0.15) is 0 Å². The molecule has 0 spiro atoms. The van der Waals surface area contributed by atoms with E-state index in [0.29, 0.717) is 6.54 Å². The number of hydrogen-bond donors (Lipinski definition) is 2. The van der Waals surface area contributed by atoms with Crippen LogP contribution in [-0.4, -0.2) is 24.0 Å². The summed E-state index contributed by atoms with van der Waals surface area (Å²) in [7, 11) is 0. The molecule has 0 saturated heterocycles. The van der Waals surface area contributed by atoms with Crippen LogP contribution in [0.5, 0.6) is 0 Å². The van der Waals surface area contributed by atoms with Gasteiger partial charge in [0.15, 0.2) is 5.96 Å². The number of pyridine rings is 1. The monoisotopic (exact) mass is 452 g/mol. The fourth-order valence-electron chi connectivity index (χ4n) is 2.66. The van der Waals surface area contributed by atoms with Crippen molar-refractivity contribution in [3.05, 3.63) is 65.0 Å². The van der Waals surface area contributed by atoms with E-state index in [1.165, 1.54) is 22.3 Å². The first-order chi connectivity index (χ1) is 11.7. The fraction of sp³-hybridized carbons (Fsp3) is 0.400. The first kappa shape index (κ1) is 21.4. The van der Waals surface area contributed by atoms with Crippen LogP contribution < -0.4 is 10.6 Å². The summed E-state index contributed by atoms with van der Waals surface area (Å²) >= 11 is 0. The molecule has 25 heavy (non-hydrogen) atoms. The molecule has 0 saturated carbocycles. The highest BCUT2D eigenvalue weighted by molar-refractivity contribution is 14.0. The summed E-state index contributed by atoms with van der Waals surface area (Å²) in [4.78, 5) is 8.87. The Labute approximate surface area is 168 Å². The average Bonchev–Trinajstić information content (AvgIpc) is 2.61. The molecule has 136 valence electrons. The highest BCUT2D eigenvalue weighted by Crippen LogP contribution is 2.10. The van der Waals surface area contributed by atoms with Gasteiger partial charge in [0.1, 0.15) is 0 Å². The molecule has 0 aliphatic carbocycles. The molecule has 0 fully saturated rings. The van der Waals surface area contributed by atoms with E-state index < -0.39 is 0 Å². The highest BCUT2D eigenvalue weighted by Gasteiger charge is 2.02. The Morgan fingerprint density at radius 1 is 1.04 bits per heavy atom. The molecule has 1 aromatic heterocycles. The van der Waals surface area contributed by atoms with E-state index in [9.17, 15) is 0 Å². The first-order valence-corrected chi connectivity index (χ1v) is 8.73. The molecule has 0 atom stereocenters. The maximum atomic E-state index is 4.73. The third-order valence-corrected chi connectivity index (χ3v) is 4.07. The Bertz CT molecular complexity index is 670. The van der Waals surface area contributed by atoms with Gasteiger partial charge in [-0.25, -0.2) is 4.99 Å². The Morgan fingerprint density at radius 3 is 2.48 bits per heavy atom. The maximum Gasteiger partial charge on any atom is 0.191 e. The van der Waals surface area contributed by atoms with Crippen molar-refractivity contribution >= 4 is 29.9 Å². The van der Waals surface area contributed by atoms with E-state index >= 15 is 0 Å². The second kappa shape index (κ2) is 11.8. The summed E-state index contributed by atoms with van der Waals surface area (Å²) in [6, 6.07) is 10.6. The first-order valence-electron chi connectivity index (χ1n) is 8.73. The lowest BCUT2D eigenvalue weighted by Crippen LogP contribution is -2.38. The quantitative estimate of drug-likeness (QED) is 0.381. The van der Waals surface area contributed by atoms with Crippen molar-refractivity contribution < 1.29 is 0 Å². The summed E-state index contributed by atoms with van der Waals surface area (Å²) in [5, 5.41) is 6.74. The topological polar surface area (TPSA) is 49.3 Å². The zero-order valence-corrected chi connectivity index (χ0v) is 17.7. The van der Waals surface area contributed by atoms with Crippen molar-refractivity contribution in [2.75, 3.05) is 13.1 Å². The van der Waals surface area contributed by atoms with Gasteiger partial charge in [-0.05, 0) is 55.0 Å². The average molecular weight is 452 g/mol. The number of guanidine groups is 1. The van der Waals surface area contributed by atoms with Crippen molar-refractivity contribution in [2.45, 2.75) is 40.2 Å². The number of hydrogen-bond acceptors (Lipinski definition) is 2. The number of aryl methyl sites for hydroxylation is 2. The van der Waals surface area contributed by atoms with Gasteiger partial charge in [0.05, 0.1) is 6.54 Å². The zero-order valence-electron chi connectivity index (χ0n) is 15.4. The summed E-state index contributed by atoms with van der Waals surface area (Å²) in [6.07, 6.45) is 5.76. The van der Waals surface area contributed by atoms with Crippen molar-refractivity contribution in [1.29, 1.82) is 0 Å². The summed E-state index contributed by atoms with van der Waals surface area (Å²) in [6.45, 7) is 8.78. The van der Waals surface area contributed by atoms with Gasteiger partial charge in [0.2, 0.25) is 0 Å². The standard InChI is InChI=1S/C20H28N4.HI/c1-4-17-8-6-7-9-19(17)15-24-20(22-5-2)23-13-11-18-10-12-21-14-16(18)3;/h6-10,12,14H,4-5,11,13,15H2,1-3H3,(H2,22,23,24);1H. The molecule has 5 heteroatoms. The van der Waals surface area contributed by atoms with Gasteiger partial charge < -0.3 is 10.6 Å². The van der Waals surface area contributed by atoms with Gasteiger partial charge in [-0.1, -0.05) is 31.2 Å². The zero-order chi connectivity index (χ0) is 17.2. The smallest absolute Gasteiger partial charge is 0.191 e. The van der Waals surface area contributed by atoms with Crippen LogP contribution in [0.4, 0.5) is 0 Å². The van der Waals surface area contributed by atoms with Crippen LogP contribution in [0.3, 0.4) is 0 Å². The van der Waals surface area contributed by atoms with Gasteiger partial charge in [0.25, 0.3) is 0 Å². The van der Waals surface area contributed by atoms with Crippen LogP contribution >= 0.6 is 24.0 Å². The third-order valence-electron chi connectivity index (χ3n) is 4.07. The molecular formula is C20H29IN4. The SMILES string of the molecule is CCNC(=NCc1ccccc1CC)NCCc1ccncc1C.I. The number of halogens is 1. The van der Waals surface area contributed by atoms with Crippen LogP contribution in [-0.2, 0) is 19.4 Å². The predicted octanol–water partition coefficient (Wildman–Crippen LogP) is 3.87. The van der Waals surface area contributed by atoms with E-state index in [-0.39, 0.29) is 24.0 Å². The van der Waals surface area contributed by atoms with Gasteiger partial charge in [-0.15, -0.1) is 24.0 Å². The Balaban J connectivity index is 0.00000312. The van der Waals surface area contributed by atoms with Crippen LogP contribution in [0.1, 0.15) is 36.1 Å². The molecule has 1 aromatic carbocycles. The summed E-state index contributed by atoms with van der Waals surface area (Å²) < 4.78 is 0. The number of nitrogens with one attached hydrogen (secondary N) is 2. The second-order valence-electron chi connectivity index (χ2n) is 5.80. The minimum atomic E-state index is 0. The second-order valence-corrected chi connectivity index (χ2v) is 5.80. The van der Waals surface area contributed by atoms with Crippen molar-refractivity contribution in [2.24, 2.45) is 4.99 Å². The van der Waals surface area contributed by atoms with E-state index in [2.05, 4.69) is 66.7 Å². The summed E-state index contributed by atoms with van der Waals surface area (Å²) in [5.41, 5.74) is 5.22. The molecule has 0 aliphatic rings. The number of aromatic nitrogens is 1. The molecule has 2 aromatic rings. The van der Waals surface area contributed by atoms with Crippen LogP contribution in [0.15, 0.2) is 47.7 Å².